The van der Waals surface area contributed by atoms with Crippen molar-refractivity contribution in [2.45, 2.75) is 13.3 Å². The summed E-state index contributed by atoms with van der Waals surface area (Å²) in [7, 11) is 0. The lowest BCUT2D eigenvalue weighted by atomic mass is 10.2. The highest BCUT2D eigenvalue weighted by Gasteiger charge is 2.05. The topological polar surface area (TPSA) is 60.0 Å². The summed E-state index contributed by atoms with van der Waals surface area (Å²) in [6, 6.07) is 12.1. The number of para-hydroxylation sites is 1. The van der Waals surface area contributed by atoms with E-state index in [1.165, 1.54) is 5.56 Å². The average molecular weight is 318 g/mol. The molecule has 3 heterocycles. The minimum atomic E-state index is 0.789. The molecule has 0 atom stereocenters. The maximum atomic E-state index is 4.42. The SMILES string of the molecule is Cc1cc2c(NCCc3cnn(-c4ccccc4)c3)nccn2n1. The van der Waals surface area contributed by atoms with Crippen molar-refractivity contribution in [3.63, 3.8) is 0 Å². The number of rotatable bonds is 5. The molecule has 6 heteroatoms. The Morgan fingerprint density at radius 3 is 2.92 bits per heavy atom. The normalized spacial score (nSPS) is 11.0. The van der Waals surface area contributed by atoms with Crippen LogP contribution < -0.4 is 5.32 Å². The number of benzene rings is 1. The molecular formula is C18H18N6. The van der Waals surface area contributed by atoms with E-state index >= 15 is 0 Å². The molecule has 0 radical (unpaired) electrons. The summed E-state index contributed by atoms with van der Waals surface area (Å²) >= 11 is 0. The summed E-state index contributed by atoms with van der Waals surface area (Å²) in [6.07, 6.45) is 8.47. The molecule has 0 aliphatic carbocycles. The quantitative estimate of drug-likeness (QED) is 0.615. The van der Waals surface area contributed by atoms with Gasteiger partial charge in [-0.25, -0.2) is 14.2 Å². The van der Waals surface area contributed by atoms with E-state index in [0.717, 1.165) is 35.7 Å². The molecule has 0 aliphatic heterocycles. The van der Waals surface area contributed by atoms with Crippen LogP contribution in [0.25, 0.3) is 11.2 Å². The molecule has 6 nitrogen and oxygen atoms in total. The maximum Gasteiger partial charge on any atom is 0.152 e. The van der Waals surface area contributed by atoms with Crippen LogP contribution in [0, 0.1) is 6.92 Å². The van der Waals surface area contributed by atoms with Crippen LogP contribution >= 0.6 is 0 Å². The highest BCUT2D eigenvalue weighted by molar-refractivity contribution is 5.67. The molecule has 24 heavy (non-hydrogen) atoms. The van der Waals surface area contributed by atoms with Crippen molar-refractivity contribution in [3.8, 4) is 5.69 Å². The van der Waals surface area contributed by atoms with E-state index in [0.29, 0.717) is 0 Å². The van der Waals surface area contributed by atoms with E-state index < -0.39 is 0 Å². The zero-order chi connectivity index (χ0) is 16.4. The van der Waals surface area contributed by atoms with Gasteiger partial charge in [-0.05, 0) is 37.1 Å². The van der Waals surface area contributed by atoms with Crippen molar-refractivity contribution in [2.75, 3.05) is 11.9 Å². The third kappa shape index (κ3) is 2.86. The molecule has 0 amide bonds. The van der Waals surface area contributed by atoms with Gasteiger partial charge in [0.25, 0.3) is 0 Å². The van der Waals surface area contributed by atoms with Gasteiger partial charge in [0, 0.05) is 25.1 Å². The van der Waals surface area contributed by atoms with Crippen molar-refractivity contribution in [1.29, 1.82) is 0 Å². The second-order valence-corrected chi connectivity index (χ2v) is 5.70. The van der Waals surface area contributed by atoms with E-state index in [1.807, 2.05) is 64.9 Å². The fourth-order valence-electron chi connectivity index (χ4n) is 2.72. The largest absolute Gasteiger partial charge is 0.368 e. The minimum absolute atomic E-state index is 0.789. The van der Waals surface area contributed by atoms with Crippen LogP contribution in [-0.4, -0.2) is 30.9 Å². The number of fused-ring (bicyclic) bond motifs is 1. The van der Waals surface area contributed by atoms with Gasteiger partial charge in [0.2, 0.25) is 0 Å². The monoisotopic (exact) mass is 318 g/mol. The fraction of sp³-hybridized carbons (Fsp3) is 0.167. The van der Waals surface area contributed by atoms with Gasteiger partial charge < -0.3 is 5.32 Å². The zero-order valence-corrected chi connectivity index (χ0v) is 13.4. The molecule has 0 unspecified atom stereocenters. The second kappa shape index (κ2) is 6.16. The lowest BCUT2D eigenvalue weighted by molar-refractivity contribution is 0.879. The molecule has 0 aliphatic rings. The number of aromatic nitrogens is 5. The van der Waals surface area contributed by atoms with Crippen molar-refractivity contribution < 1.29 is 0 Å². The van der Waals surface area contributed by atoms with Gasteiger partial charge in [-0.1, -0.05) is 18.2 Å². The van der Waals surface area contributed by atoms with E-state index in [9.17, 15) is 0 Å². The van der Waals surface area contributed by atoms with Gasteiger partial charge in [-0.15, -0.1) is 0 Å². The van der Waals surface area contributed by atoms with Gasteiger partial charge in [0.1, 0.15) is 5.52 Å². The van der Waals surface area contributed by atoms with E-state index in [-0.39, 0.29) is 0 Å². The maximum absolute atomic E-state index is 4.42. The number of hydrogen-bond acceptors (Lipinski definition) is 4. The first-order chi connectivity index (χ1) is 11.8. The smallest absolute Gasteiger partial charge is 0.152 e. The van der Waals surface area contributed by atoms with E-state index in [1.54, 1.807) is 6.20 Å². The molecule has 120 valence electrons. The number of hydrogen-bond donors (Lipinski definition) is 1. The Hall–Kier alpha value is -3.15. The van der Waals surface area contributed by atoms with Gasteiger partial charge in [-0.3, -0.25) is 0 Å². The Morgan fingerprint density at radius 2 is 2.04 bits per heavy atom. The zero-order valence-electron chi connectivity index (χ0n) is 13.4. The van der Waals surface area contributed by atoms with Gasteiger partial charge >= 0.3 is 0 Å². The Labute approximate surface area is 139 Å². The summed E-state index contributed by atoms with van der Waals surface area (Å²) in [5.74, 6) is 0.855. The van der Waals surface area contributed by atoms with Crippen molar-refractivity contribution in [1.82, 2.24) is 24.4 Å². The Balaban J connectivity index is 1.43. The second-order valence-electron chi connectivity index (χ2n) is 5.70. The van der Waals surface area contributed by atoms with Crippen LogP contribution in [0.4, 0.5) is 5.82 Å². The molecule has 0 bridgehead atoms. The minimum Gasteiger partial charge on any atom is -0.368 e. The van der Waals surface area contributed by atoms with Crippen molar-refractivity contribution in [2.24, 2.45) is 0 Å². The Bertz CT molecular complexity index is 954. The number of aryl methyl sites for hydroxylation is 1. The first-order valence-electron chi connectivity index (χ1n) is 7.93. The summed E-state index contributed by atoms with van der Waals surface area (Å²) in [4.78, 5) is 4.41. The van der Waals surface area contributed by atoms with E-state index in [4.69, 9.17) is 0 Å². The van der Waals surface area contributed by atoms with Crippen molar-refractivity contribution >= 4 is 11.3 Å². The standard InChI is InChI=1S/C18H18N6/c1-14-11-17-18(20-9-10-23(17)22-14)19-8-7-15-12-21-24(13-15)16-5-3-2-4-6-16/h2-6,9-13H,7-8H2,1H3,(H,19,20). The molecule has 3 aromatic heterocycles. The van der Waals surface area contributed by atoms with Crippen LogP contribution in [-0.2, 0) is 6.42 Å². The van der Waals surface area contributed by atoms with Crippen LogP contribution in [0.15, 0.2) is 61.2 Å². The third-order valence-corrected chi connectivity index (χ3v) is 3.87. The average Bonchev–Trinajstić information content (AvgIpc) is 3.22. The summed E-state index contributed by atoms with van der Waals surface area (Å²) in [5, 5.41) is 12.2. The summed E-state index contributed by atoms with van der Waals surface area (Å²) in [5.41, 5.74) is 4.23. The lowest BCUT2D eigenvalue weighted by Gasteiger charge is -2.05. The number of nitrogens with zero attached hydrogens (tertiary/aromatic N) is 5. The molecule has 4 rings (SSSR count). The molecule has 1 aromatic carbocycles. The molecule has 4 aromatic rings. The van der Waals surface area contributed by atoms with Crippen LogP contribution in [0.3, 0.4) is 0 Å². The van der Waals surface area contributed by atoms with Crippen LogP contribution in [0.2, 0.25) is 0 Å². The van der Waals surface area contributed by atoms with E-state index in [2.05, 4.69) is 26.7 Å². The van der Waals surface area contributed by atoms with Crippen LogP contribution in [0.1, 0.15) is 11.3 Å². The molecule has 0 fully saturated rings. The number of nitrogens with one attached hydrogen (secondary N) is 1. The first kappa shape index (κ1) is 14.4. The predicted molar refractivity (Wildman–Crippen MR) is 93.5 cm³/mol. The highest BCUT2D eigenvalue weighted by atomic mass is 15.3. The summed E-state index contributed by atoms with van der Waals surface area (Å²) in [6.45, 7) is 2.77. The molecule has 0 spiro atoms. The Kier molecular flexibility index (Phi) is 3.70. The first-order valence-corrected chi connectivity index (χ1v) is 7.93. The lowest BCUT2D eigenvalue weighted by Crippen LogP contribution is -2.07. The van der Waals surface area contributed by atoms with Crippen molar-refractivity contribution in [3.05, 3.63) is 72.4 Å². The highest BCUT2D eigenvalue weighted by Crippen LogP contribution is 2.15. The summed E-state index contributed by atoms with van der Waals surface area (Å²) < 4.78 is 3.74. The number of anilines is 1. The van der Waals surface area contributed by atoms with Crippen LogP contribution in [0.5, 0.6) is 0 Å². The fourth-order valence-corrected chi connectivity index (χ4v) is 2.72. The van der Waals surface area contributed by atoms with Gasteiger partial charge in [-0.2, -0.15) is 10.2 Å². The van der Waals surface area contributed by atoms with Gasteiger partial charge in [0.15, 0.2) is 5.82 Å². The molecule has 0 saturated heterocycles. The van der Waals surface area contributed by atoms with Gasteiger partial charge in [0.05, 0.1) is 17.6 Å². The Morgan fingerprint density at radius 1 is 1.17 bits per heavy atom. The third-order valence-electron chi connectivity index (χ3n) is 3.87. The molecule has 1 N–H and O–H groups in total. The molecule has 0 saturated carbocycles. The predicted octanol–water partition coefficient (Wildman–Crippen LogP) is 2.88. The molecular weight excluding hydrogens is 300 g/mol.